The van der Waals surface area contributed by atoms with E-state index in [0.717, 1.165) is 21.7 Å². The number of rotatable bonds is 4. The first-order valence-corrected chi connectivity index (χ1v) is 9.02. The molecular weight excluding hydrogens is 352 g/mol. The fraction of sp³-hybridized carbons (Fsp3) is 0.211. The summed E-state index contributed by atoms with van der Waals surface area (Å²) in [6.45, 7) is 3.41. The van der Waals surface area contributed by atoms with Crippen LogP contribution < -0.4 is 10.6 Å². The lowest BCUT2D eigenvalue weighted by atomic mass is 10.1. The number of nitrogens with one attached hydrogen (secondary N) is 2. The predicted octanol–water partition coefficient (Wildman–Crippen LogP) is 3.14. The minimum absolute atomic E-state index is 0.110. The molecule has 0 saturated carbocycles. The number of para-hydroxylation sites is 1. The maximum Gasteiger partial charge on any atom is 0.338 e. The Bertz CT molecular complexity index is 875. The molecule has 134 valence electrons. The number of benzene rings is 2. The molecule has 6 nitrogen and oxygen atoms in total. The van der Waals surface area contributed by atoms with Crippen LogP contribution in [0.15, 0.2) is 41.3 Å². The second kappa shape index (κ2) is 7.61. The SMILES string of the molecule is Cc1cccc(C)c1NC(=O)COC(=O)c1ccc2c(c1)NC(=O)CS2. The van der Waals surface area contributed by atoms with E-state index in [1.54, 1.807) is 18.2 Å². The van der Waals surface area contributed by atoms with Crippen molar-refractivity contribution in [3.63, 3.8) is 0 Å². The van der Waals surface area contributed by atoms with Gasteiger partial charge in [-0.2, -0.15) is 0 Å². The molecule has 2 amide bonds. The Morgan fingerprint density at radius 3 is 2.65 bits per heavy atom. The van der Waals surface area contributed by atoms with Crippen LogP contribution in [0.1, 0.15) is 21.5 Å². The van der Waals surface area contributed by atoms with Crippen molar-refractivity contribution in [3.05, 3.63) is 53.1 Å². The van der Waals surface area contributed by atoms with Gasteiger partial charge in [-0.1, -0.05) is 18.2 Å². The van der Waals surface area contributed by atoms with Gasteiger partial charge in [-0.25, -0.2) is 4.79 Å². The van der Waals surface area contributed by atoms with Gasteiger partial charge in [0.2, 0.25) is 5.91 Å². The van der Waals surface area contributed by atoms with E-state index in [1.807, 2.05) is 32.0 Å². The van der Waals surface area contributed by atoms with Gasteiger partial charge in [0.1, 0.15) is 0 Å². The number of aryl methyl sites for hydroxylation is 2. The standard InChI is InChI=1S/C19H18N2O4S/c1-11-4-3-5-12(2)18(11)21-16(22)9-25-19(24)13-6-7-15-14(8-13)20-17(23)10-26-15/h3-8H,9-10H2,1-2H3,(H,20,23)(H,21,22). The molecule has 0 aromatic heterocycles. The zero-order valence-electron chi connectivity index (χ0n) is 14.4. The lowest BCUT2D eigenvalue weighted by molar-refractivity contribution is -0.119. The van der Waals surface area contributed by atoms with Crippen molar-refractivity contribution in [1.29, 1.82) is 0 Å². The number of thioether (sulfide) groups is 1. The molecule has 2 N–H and O–H groups in total. The summed E-state index contributed by atoms with van der Waals surface area (Å²) in [5.41, 5.74) is 3.47. The molecule has 0 spiro atoms. The fourth-order valence-corrected chi connectivity index (χ4v) is 3.40. The van der Waals surface area contributed by atoms with Crippen LogP contribution in [0.3, 0.4) is 0 Å². The van der Waals surface area contributed by atoms with Crippen molar-refractivity contribution in [2.75, 3.05) is 23.0 Å². The summed E-state index contributed by atoms with van der Waals surface area (Å²) in [6, 6.07) is 10.6. The maximum atomic E-state index is 12.2. The van der Waals surface area contributed by atoms with Crippen LogP contribution in [-0.4, -0.2) is 30.1 Å². The highest BCUT2D eigenvalue weighted by Gasteiger charge is 2.18. The summed E-state index contributed by atoms with van der Waals surface area (Å²) in [4.78, 5) is 36.6. The van der Waals surface area contributed by atoms with E-state index >= 15 is 0 Å². The number of amides is 2. The van der Waals surface area contributed by atoms with Gasteiger partial charge in [0.25, 0.3) is 5.91 Å². The van der Waals surface area contributed by atoms with Gasteiger partial charge < -0.3 is 15.4 Å². The van der Waals surface area contributed by atoms with Crippen LogP contribution in [0.5, 0.6) is 0 Å². The van der Waals surface area contributed by atoms with Gasteiger partial charge in [-0.05, 0) is 43.2 Å². The van der Waals surface area contributed by atoms with Crippen LogP contribution in [-0.2, 0) is 14.3 Å². The number of carbonyl (C=O) groups excluding carboxylic acids is 3. The highest BCUT2D eigenvalue weighted by atomic mass is 32.2. The molecule has 1 aliphatic heterocycles. The highest BCUT2D eigenvalue weighted by molar-refractivity contribution is 8.00. The predicted molar refractivity (Wildman–Crippen MR) is 101 cm³/mol. The third kappa shape index (κ3) is 4.05. The Labute approximate surface area is 155 Å². The zero-order valence-corrected chi connectivity index (χ0v) is 15.2. The van der Waals surface area contributed by atoms with Crippen molar-refractivity contribution in [2.45, 2.75) is 18.7 Å². The van der Waals surface area contributed by atoms with Crippen LogP contribution in [0.25, 0.3) is 0 Å². The van der Waals surface area contributed by atoms with Gasteiger partial charge >= 0.3 is 5.97 Å². The lowest BCUT2D eigenvalue weighted by Crippen LogP contribution is -2.22. The Kier molecular flexibility index (Phi) is 5.27. The molecule has 0 radical (unpaired) electrons. The first-order chi connectivity index (χ1) is 12.4. The summed E-state index contributed by atoms with van der Waals surface area (Å²) in [7, 11) is 0. The molecule has 0 unspecified atom stereocenters. The summed E-state index contributed by atoms with van der Waals surface area (Å²) in [5, 5.41) is 5.48. The summed E-state index contributed by atoms with van der Waals surface area (Å²) >= 11 is 1.41. The molecule has 1 heterocycles. The lowest BCUT2D eigenvalue weighted by Gasteiger charge is -2.16. The smallest absolute Gasteiger partial charge is 0.338 e. The van der Waals surface area contributed by atoms with Crippen molar-refractivity contribution < 1.29 is 19.1 Å². The van der Waals surface area contributed by atoms with Crippen LogP contribution in [0.2, 0.25) is 0 Å². The van der Waals surface area contributed by atoms with E-state index in [4.69, 9.17) is 4.74 Å². The Morgan fingerprint density at radius 2 is 1.92 bits per heavy atom. The van der Waals surface area contributed by atoms with E-state index in [1.165, 1.54) is 11.8 Å². The summed E-state index contributed by atoms with van der Waals surface area (Å²) in [5.74, 6) is -0.775. The highest BCUT2D eigenvalue weighted by Crippen LogP contribution is 2.32. The second-order valence-corrected chi connectivity index (χ2v) is 6.96. The van der Waals surface area contributed by atoms with E-state index < -0.39 is 11.9 Å². The normalized spacial score (nSPS) is 12.8. The van der Waals surface area contributed by atoms with Gasteiger partial charge in [-0.15, -0.1) is 11.8 Å². The number of esters is 1. The third-order valence-corrected chi connectivity index (χ3v) is 5.00. The quantitative estimate of drug-likeness (QED) is 0.808. The molecular formula is C19H18N2O4S. The average molecular weight is 370 g/mol. The molecule has 7 heteroatoms. The molecule has 0 atom stereocenters. The molecule has 0 bridgehead atoms. The number of hydrogen-bond donors (Lipinski definition) is 2. The van der Waals surface area contributed by atoms with Crippen molar-refractivity contribution in [2.24, 2.45) is 0 Å². The van der Waals surface area contributed by atoms with Gasteiger partial charge in [0.15, 0.2) is 6.61 Å². The Hall–Kier alpha value is -2.80. The minimum Gasteiger partial charge on any atom is -0.452 e. The first-order valence-electron chi connectivity index (χ1n) is 8.04. The van der Waals surface area contributed by atoms with Crippen LogP contribution in [0, 0.1) is 13.8 Å². The molecule has 0 fully saturated rings. The number of ether oxygens (including phenoxy) is 1. The van der Waals surface area contributed by atoms with Crippen LogP contribution in [0.4, 0.5) is 11.4 Å². The number of hydrogen-bond acceptors (Lipinski definition) is 5. The average Bonchev–Trinajstić information content (AvgIpc) is 2.62. The Morgan fingerprint density at radius 1 is 1.19 bits per heavy atom. The van der Waals surface area contributed by atoms with E-state index in [0.29, 0.717) is 11.4 Å². The third-order valence-electron chi connectivity index (χ3n) is 3.93. The van der Waals surface area contributed by atoms with Crippen molar-refractivity contribution in [3.8, 4) is 0 Å². The summed E-state index contributed by atoms with van der Waals surface area (Å²) < 4.78 is 5.09. The maximum absolute atomic E-state index is 12.2. The van der Waals surface area contributed by atoms with E-state index in [2.05, 4.69) is 10.6 Å². The molecule has 1 aliphatic rings. The van der Waals surface area contributed by atoms with Gasteiger partial charge in [0.05, 0.1) is 17.0 Å². The van der Waals surface area contributed by atoms with E-state index in [-0.39, 0.29) is 18.1 Å². The van der Waals surface area contributed by atoms with Gasteiger partial charge in [0, 0.05) is 10.6 Å². The molecule has 3 rings (SSSR count). The molecule has 2 aromatic carbocycles. The van der Waals surface area contributed by atoms with Gasteiger partial charge in [-0.3, -0.25) is 9.59 Å². The largest absolute Gasteiger partial charge is 0.452 e. The second-order valence-electron chi connectivity index (χ2n) is 5.94. The van der Waals surface area contributed by atoms with Crippen molar-refractivity contribution in [1.82, 2.24) is 0 Å². The fourth-order valence-electron chi connectivity index (χ4n) is 2.61. The topological polar surface area (TPSA) is 84.5 Å². The number of fused-ring (bicyclic) bond motifs is 1. The van der Waals surface area contributed by atoms with E-state index in [9.17, 15) is 14.4 Å². The first kappa shape index (κ1) is 18.0. The van der Waals surface area contributed by atoms with Crippen LogP contribution >= 0.6 is 11.8 Å². The van der Waals surface area contributed by atoms with Crippen molar-refractivity contribution >= 4 is 40.9 Å². The zero-order chi connectivity index (χ0) is 18.7. The monoisotopic (exact) mass is 370 g/mol. The Balaban J connectivity index is 1.61. The molecule has 0 saturated heterocycles. The minimum atomic E-state index is -0.616. The molecule has 0 aliphatic carbocycles. The molecule has 26 heavy (non-hydrogen) atoms. The summed E-state index contributed by atoms with van der Waals surface area (Å²) in [6.07, 6.45) is 0. The number of anilines is 2. The number of carbonyl (C=O) groups is 3. The molecule has 2 aromatic rings.